The molecule has 0 bridgehead atoms. The SMILES string of the molecule is COc1ccc2ccc(Br)cc2c1C(=O)OCCCCCCC(C)C. The van der Waals surface area contributed by atoms with Crippen molar-refractivity contribution in [2.24, 2.45) is 5.92 Å². The Morgan fingerprint density at radius 1 is 1.08 bits per heavy atom. The molecule has 0 aliphatic rings. The molecular weight excluding hydrogens is 380 g/mol. The molecule has 2 aromatic rings. The fourth-order valence-corrected chi connectivity index (χ4v) is 3.26. The summed E-state index contributed by atoms with van der Waals surface area (Å²) in [5, 5.41) is 1.83. The Morgan fingerprint density at radius 2 is 1.80 bits per heavy atom. The number of carbonyl (C=O) groups is 1. The number of fused-ring (bicyclic) bond motifs is 1. The molecule has 0 atom stereocenters. The van der Waals surface area contributed by atoms with E-state index in [1.165, 1.54) is 19.3 Å². The van der Waals surface area contributed by atoms with E-state index in [1.807, 2.05) is 30.3 Å². The van der Waals surface area contributed by atoms with Crippen LogP contribution in [0.25, 0.3) is 10.8 Å². The maximum Gasteiger partial charge on any atom is 0.342 e. The molecule has 2 aromatic carbocycles. The van der Waals surface area contributed by atoms with Crippen LogP contribution in [0.1, 0.15) is 56.3 Å². The predicted octanol–water partition coefficient (Wildman–Crippen LogP) is 6.37. The summed E-state index contributed by atoms with van der Waals surface area (Å²) in [5.74, 6) is 0.992. The summed E-state index contributed by atoms with van der Waals surface area (Å²) in [6.07, 6.45) is 5.71. The molecule has 0 aromatic heterocycles. The highest BCUT2D eigenvalue weighted by Crippen LogP contribution is 2.30. The lowest BCUT2D eigenvalue weighted by Gasteiger charge is -2.12. The van der Waals surface area contributed by atoms with E-state index < -0.39 is 0 Å². The minimum Gasteiger partial charge on any atom is -0.496 e. The number of rotatable bonds is 9. The van der Waals surface area contributed by atoms with Crippen LogP contribution >= 0.6 is 15.9 Å². The van der Waals surface area contributed by atoms with Crippen molar-refractivity contribution in [2.75, 3.05) is 13.7 Å². The zero-order chi connectivity index (χ0) is 18.2. The summed E-state index contributed by atoms with van der Waals surface area (Å²) in [6.45, 7) is 4.95. The van der Waals surface area contributed by atoms with Gasteiger partial charge < -0.3 is 9.47 Å². The van der Waals surface area contributed by atoms with E-state index in [9.17, 15) is 4.79 Å². The van der Waals surface area contributed by atoms with Crippen molar-refractivity contribution in [1.82, 2.24) is 0 Å². The second-order valence-corrected chi connectivity index (χ2v) is 7.66. The Morgan fingerprint density at radius 3 is 2.52 bits per heavy atom. The Balaban J connectivity index is 1.98. The van der Waals surface area contributed by atoms with Crippen molar-refractivity contribution in [1.29, 1.82) is 0 Å². The number of esters is 1. The van der Waals surface area contributed by atoms with Crippen LogP contribution in [0.5, 0.6) is 5.75 Å². The van der Waals surface area contributed by atoms with E-state index in [4.69, 9.17) is 9.47 Å². The van der Waals surface area contributed by atoms with Gasteiger partial charge in [-0.25, -0.2) is 4.79 Å². The van der Waals surface area contributed by atoms with Gasteiger partial charge in [-0.15, -0.1) is 0 Å². The van der Waals surface area contributed by atoms with Gasteiger partial charge in [0, 0.05) is 9.86 Å². The highest BCUT2D eigenvalue weighted by molar-refractivity contribution is 9.10. The summed E-state index contributed by atoms with van der Waals surface area (Å²) in [4.78, 5) is 12.6. The van der Waals surface area contributed by atoms with Crippen LogP contribution in [-0.4, -0.2) is 19.7 Å². The molecule has 25 heavy (non-hydrogen) atoms. The van der Waals surface area contributed by atoms with Crippen molar-refractivity contribution in [3.63, 3.8) is 0 Å². The first kappa shape index (κ1) is 19.8. The van der Waals surface area contributed by atoms with Gasteiger partial charge in [0.15, 0.2) is 0 Å². The van der Waals surface area contributed by atoms with Gasteiger partial charge in [0.2, 0.25) is 0 Å². The third-order valence-electron chi connectivity index (χ3n) is 4.28. The van der Waals surface area contributed by atoms with E-state index in [-0.39, 0.29) is 5.97 Å². The lowest BCUT2D eigenvalue weighted by atomic mass is 10.0. The van der Waals surface area contributed by atoms with Gasteiger partial charge >= 0.3 is 5.97 Å². The molecule has 0 radical (unpaired) electrons. The minimum atomic E-state index is -0.317. The van der Waals surface area contributed by atoms with E-state index in [0.717, 1.165) is 34.0 Å². The molecule has 0 amide bonds. The standard InChI is InChI=1S/C21H27BrO3/c1-15(2)8-6-4-5-7-13-25-21(23)20-18-14-17(22)11-9-16(18)10-12-19(20)24-3/h9-12,14-15H,4-8,13H2,1-3H3. The zero-order valence-corrected chi connectivity index (χ0v) is 16.9. The van der Waals surface area contributed by atoms with Crippen LogP contribution < -0.4 is 4.74 Å². The number of hydrogen-bond donors (Lipinski definition) is 0. The maximum atomic E-state index is 12.6. The Bertz CT molecular complexity index is 710. The highest BCUT2D eigenvalue weighted by Gasteiger charge is 2.18. The Labute approximate surface area is 158 Å². The normalized spacial score (nSPS) is 11.1. The van der Waals surface area contributed by atoms with E-state index >= 15 is 0 Å². The molecule has 0 saturated heterocycles. The molecule has 136 valence electrons. The van der Waals surface area contributed by atoms with Gasteiger partial charge in [-0.05, 0) is 35.9 Å². The van der Waals surface area contributed by atoms with Crippen LogP contribution in [0.3, 0.4) is 0 Å². The number of halogens is 1. The molecule has 0 aliphatic carbocycles. The number of unbranched alkanes of at least 4 members (excludes halogenated alkanes) is 3. The van der Waals surface area contributed by atoms with Gasteiger partial charge in [0.25, 0.3) is 0 Å². The fraction of sp³-hybridized carbons (Fsp3) is 0.476. The van der Waals surface area contributed by atoms with Gasteiger partial charge in [-0.1, -0.05) is 67.6 Å². The highest BCUT2D eigenvalue weighted by atomic mass is 79.9. The smallest absolute Gasteiger partial charge is 0.342 e. The molecule has 0 spiro atoms. The van der Waals surface area contributed by atoms with Crippen LogP contribution in [0, 0.1) is 5.92 Å². The summed E-state index contributed by atoms with van der Waals surface area (Å²) >= 11 is 3.47. The third kappa shape index (κ3) is 5.74. The third-order valence-corrected chi connectivity index (χ3v) is 4.77. The molecule has 2 rings (SSSR count). The number of hydrogen-bond acceptors (Lipinski definition) is 3. The first-order valence-corrected chi connectivity index (χ1v) is 9.75. The van der Waals surface area contributed by atoms with Crippen LogP contribution in [-0.2, 0) is 4.74 Å². The van der Waals surface area contributed by atoms with Gasteiger partial charge in [-0.3, -0.25) is 0 Å². The summed E-state index contributed by atoms with van der Waals surface area (Å²) in [5.41, 5.74) is 0.501. The molecule has 0 heterocycles. The second-order valence-electron chi connectivity index (χ2n) is 6.74. The number of carbonyl (C=O) groups excluding carboxylic acids is 1. The van der Waals surface area contributed by atoms with Gasteiger partial charge in [0.05, 0.1) is 13.7 Å². The molecule has 3 nitrogen and oxygen atoms in total. The molecule has 4 heteroatoms. The molecule has 0 aliphatic heterocycles. The van der Waals surface area contributed by atoms with Crippen molar-refractivity contribution in [2.45, 2.75) is 46.0 Å². The maximum absolute atomic E-state index is 12.6. The number of benzene rings is 2. The number of methoxy groups -OCH3 is 1. The molecular formula is C21H27BrO3. The van der Waals surface area contributed by atoms with Crippen molar-refractivity contribution >= 4 is 32.7 Å². The van der Waals surface area contributed by atoms with Crippen molar-refractivity contribution in [3.05, 3.63) is 40.4 Å². The van der Waals surface area contributed by atoms with E-state index in [1.54, 1.807) is 7.11 Å². The molecule has 0 saturated carbocycles. The summed E-state index contributed by atoms with van der Waals surface area (Å²) < 4.78 is 11.8. The van der Waals surface area contributed by atoms with Crippen molar-refractivity contribution < 1.29 is 14.3 Å². The zero-order valence-electron chi connectivity index (χ0n) is 15.3. The van der Waals surface area contributed by atoms with Crippen molar-refractivity contribution in [3.8, 4) is 5.75 Å². The quantitative estimate of drug-likeness (QED) is 0.358. The first-order valence-electron chi connectivity index (χ1n) is 8.96. The van der Waals surface area contributed by atoms with Crippen LogP contribution in [0.4, 0.5) is 0 Å². The molecule has 0 N–H and O–H groups in total. The van der Waals surface area contributed by atoms with E-state index in [2.05, 4.69) is 29.8 Å². The molecule has 0 fully saturated rings. The second kappa shape index (κ2) is 9.81. The number of ether oxygens (including phenoxy) is 2. The average Bonchev–Trinajstić information content (AvgIpc) is 2.59. The van der Waals surface area contributed by atoms with E-state index in [0.29, 0.717) is 17.9 Å². The van der Waals surface area contributed by atoms with Gasteiger partial charge in [0.1, 0.15) is 11.3 Å². The predicted molar refractivity (Wildman–Crippen MR) is 106 cm³/mol. The minimum absolute atomic E-state index is 0.317. The summed E-state index contributed by atoms with van der Waals surface area (Å²) in [7, 11) is 1.57. The Kier molecular flexibility index (Phi) is 7.76. The average molecular weight is 407 g/mol. The largest absolute Gasteiger partial charge is 0.496 e. The monoisotopic (exact) mass is 406 g/mol. The Hall–Kier alpha value is -1.55. The lowest BCUT2D eigenvalue weighted by Crippen LogP contribution is -2.09. The topological polar surface area (TPSA) is 35.5 Å². The fourth-order valence-electron chi connectivity index (χ4n) is 2.90. The summed E-state index contributed by atoms with van der Waals surface area (Å²) in [6, 6.07) is 9.64. The van der Waals surface area contributed by atoms with Crippen LogP contribution in [0.2, 0.25) is 0 Å². The molecule has 0 unspecified atom stereocenters. The lowest BCUT2D eigenvalue weighted by molar-refractivity contribution is 0.0496. The van der Waals surface area contributed by atoms with Crippen LogP contribution in [0.15, 0.2) is 34.8 Å². The van der Waals surface area contributed by atoms with Gasteiger partial charge in [-0.2, -0.15) is 0 Å². The first-order chi connectivity index (χ1) is 12.0.